The van der Waals surface area contributed by atoms with Crippen LogP contribution in [0.1, 0.15) is 56.1 Å². The third-order valence-corrected chi connectivity index (χ3v) is 4.75. The Balaban J connectivity index is 2.12. The van der Waals surface area contributed by atoms with Gasteiger partial charge in [-0.05, 0) is 42.2 Å². The Morgan fingerprint density at radius 3 is 2.94 bits per heavy atom. The zero-order valence-electron chi connectivity index (χ0n) is 10.1. The largest absolute Gasteiger partial charge is 0.321 e. The normalized spacial score (nSPS) is 37.6. The molecule has 1 saturated carbocycles. The third kappa shape index (κ3) is 1.34. The predicted molar refractivity (Wildman–Crippen MR) is 67.3 cm³/mol. The van der Waals surface area contributed by atoms with Crippen LogP contribution in [0.25, 0.3) is 0 Å². The SMILES string of the molecule is C[C@@H]1C[C@@H]2CCCC[C@@]2(N)c2ccccc21. The molecule has 2 aliphatic carbocycles. The first kappa shape index (κ1) is 10.3. The van der Waals surface area contributed by atoms with Gasteiger partial charge in [0, 0.05) is 5.54 Å². The van der Waals surface area contributed by atoms with Crippen LogP contribution in [-0.2, 0) is 5.54 Å². The van der Waals surface area contributed by atoms with Crippen LogP contribution in [0.5, 0.6) is 0 Å². The highest BCUT2D eigenvalue weighted by atomic mass is 14.8. The summed E-state index contributed by atoms with van der Waals surface area (Å²) in [5.74, 6) is 1.40. The first-order chi connectivity index (χ1) is 7.72. The molecule has 0 aliphatic heterocycles. The van der Waals surface area contributed by atoms with Crippen molar-refractivity contribution in [1.82, 2.24) is 0 Å². The van der Waals surface area contributed by atoms with Gasteiger partial charge in [0.1, 0.15) is 0 Å². The Labute approximate surface area is 98.0 Å². The molecule has 86 valence electrons. The lowest BCUT2D eigenvalue weighted by Crippen LogP contribution is -2.49. The van der Waals surface area contributed by atoms with Gasteiger partial charge in [0.2, 0.25) is 0 Å². The van der Waals surface area contributed by atoms with Gasteiger partial charge in [-0.3, -0.25) is 0 Å². The molecule has 1 heteroatoms. The Kier molecular flexibility index (Phi) is 2.32. The van der Waals surface area contributed by atoms with Crippen LogP contribution in [0.3, 0.4) is 0 Å². The molecule has 0 spiro atoms. The van der Waals surface area contributed by atoms with Crippen molar-refractivity contribution < 1.29 is 0 Å². The minimum absolute atomic E-state index is 0.0125. The molecule has 0 unspecified atom stereocenters. The highest BCUT2D eigenvalue weighted by molar-refractivity contribution is 5.39. The lowest BCUT2D eigenvalue weighted by atomic mass is 9.61. The maximum atomic E-state index is 6.74. The Hall–Kier alpha value is -0.820. The van der Waals surface area contributed by atoms with Crippen LogP contribution >= 0.6 is 0 Å². The summed E-state index contributed by atoms with van der Waals surface area (Å²) in [7, 11) is 0. The third-order valence-electron chi connectivity index (χ3n) is 4.75. The molecule has 0 saturated heterocycles. The molecule has 16 heavy (non-hydrogen) atoms. The minimum Gasteiger partial charge on any atom is -0.321 e. The summed E-state index contributed by atoms with van der Waals surface area (Å²) in [5.41, 5.74) is 9.67. The smallest absolute Gasteiger partial charge is 0.0441 e. The molecule has 2 aliphatic rings. The van der Waals surface area contributed by atoms with Crippen LogP contribution in [0.15, 0.2) is 24.3 Å². The average Bonchev–Trinajstić information content (AvgIpc) is 2.31. The molecular formula is C15H21N. The van der Waals surface area contributed by atoms with E-state index in [-0.39, 0.29) is 5.54 Å². The van der Waals surface area contributed by atoms with Crippen LogP contribution in [0.4, 0.5) is 0 Å². The Morgan fingerprint density at radius 2 is 2.06 bits per heavy atom. The van der Waals surface area contributed by atoms with E-state index < -0.39 is 0 Å². The van der Waals surface area contributed by atoms with E-state index in [2.05, 4.69) is 31.2 Å². The van der Waals surface area contributed by atoms with Crippen molar-refractivity contribution in [2.45, 2.75) is 50.5 Å². The van der Waals surface area contributed by atoms with Crippen LogP contribution in [-0.4, -0.2) is 0 Å². The number of fused-ring (bicyclic) bond motifs is 3. The van der Waals surface area contributed by atoms with Crippen molar-refractivity contribution in [3.05, 3.63) is 35.4 Å². The first-order valence-electron chi connectivity index (χ1n) is 6.60. The molecule has 1 aromatic rings. The summed E-state index contributed by atoms with van der Waals surface area (Å²) in [6, 6.07) is 8.85. The average molecular weight is 215 g/mol. The molecule has 0 aromatic heterocycles. The molecule has 0 amide bonds. The van der Waals surface area contributed by atoms with E-state index in [0.717, 1.165) is 0 Å². The molecule has 1 fully saturated rings. The summed E-state index contributed by atoms with van der Waals surface area (Å²) in [4.78, 5) is 0. The van der Waals surface area contributed by atoms with Gasteiger partial charge >= 0.3 is 0 Å². The molecule has 2 N–H and O–H groups in total. The molecule has 3 atom stereocenters. The summed E-state index contributed by atoms with van der Waals surface area (Å²) in [5, 5.41) is 0. The molecular weight excluding hydrogens is 194 g/mol. The maximum Gasteiger partial charge on any atom is 0.0441 e. The molecule has 3 rings (SSSR count). The first-order valence-corrected chi connectivity index (χ1v) is 6.60. The van der Waals surface area contributed by atoms with Crippen molar-refractivity contribution in [2.75, 3.05) is 0 Å². The van der Waals surface area contributed by atoms with E-state index >= 15 is 0 Å². The molecule has 0 bridgehead atoms. The van der Waals surface area contributed by atoms with Crippen LogP contribution in [0, 0.1) is 5.92 Å². The summed E-state index contributed by atoms with van der Waals surface area (Å²) < 4.78 is 0. The highest BCUT2D eigenvalue weighted by Gasteiger charge is 2.44. The van der Waals surface area contributed by atoms with Gasteiger partial charge in [-0.1, -0.05) is 44.0 Å². The van der Waals surface area contributed by atoms with Gasteiger partial charge in [0.25, 0.3) is 0 Å². The Morgan fingerprint density at radius 1 is 1.25 bits per heavy atom. The fraction of sp³-hybridized carbons (Fsp3) is 0.600. The zero-order chi connectivity index (χ0) is 11.2. The minimum atomic E-state index is -0.0125. The van der Waals surface area contributed by atoms with E-state index in [9.17, 15) is 0 Å². The summed E-state index contributed by atoms with van der Waals surface area (Å²) in [6.07, 6.45) is 6.47. The molecule has 1 aromatic carbocycles. The van der Waals surface area contributed by atoms with Crippen LogP contribution < -0.4 is 5.73 Å². The lowest BCUT2D eigenvalue weighted by molar-refractivity contribution is 0.154. The zero-order valence-corrected chi connectivity index (χ0v) is 10.1. The fourth-order valence-electron chi connectivity index (χ4n) is 3.86. The lowest BCUT2D eigenvalue weighted by Gasteiger charge is -2.48. The van der Waals surface area contributed by atoms with Crippen molar-refractivity contribution in [1.29, 1.82) is 0 Å². The number of hydrogen-bond acceptors (Lipinski definition) is 1. The highest BCUT2D eigenvalue weighted by Crippen LogP contribution is 2.50. The second-order valence-corrected chi connectivity index (χ2v) is 5.71. The molecule has 1 nitrogen and oxygen atoms in total. The van der Waals surface area contributed by atoms with E-state index in [1.807, 2.05) is 0 Å². The number of hydrogen-bond donors (Lipinski definition) is 1. The van der Waals surface area contributed by atoms with Gasteiger partial charge < -0.3 is 5.73 Å². The monoisotopic (exact) mass is 215 g/mol. The van der Waals surface area contributed by atoms with Gasteiger partial charge in [0.15, 0.2) is 0 Å². The van der Waals surface area contributed by atoms with Gasteiger partial charge in [-0.25, -0.2) is 0 Å². The van der Waals surface area contributed by atoms with Crippen molar-refractivity contribution in [3.8, 4) is 0 Å². The van der Waals surface area contributed by atoms with E-state index in [1.54, 1.807) is 0 Å². The molecule has 0 heterocycles. The summed E-state index contributed by atoms with van der Waals surface area (Å²) in [6.45, 7) is 2.35. The second-order valence-electron chi connectivity index (χ2n) is 5.71. The number of benzene rings is 1. The van der Waals surface area contributed by atoms with Crippen molar-refractivity contribution in [2.24, 2.45) is 11.7 Å². The van der Waals surface area contributed by atoms with E-state index in [0.29, 0.717) is 11.8 Å². The number of rotatable bonds is 0. The van der Waals surface area contributed by atoms with E-state index in [1.165, 1.54) is 43.2 Å². The van der Waals surface area contributed by atoms with Crippen molar-refractivity contribution in [3.63, 3.8) is 0 Å². The van der Waals surface area contributed by atoms with Gasteiger partial charge in [-0.15, -0.1) is 0 Å². The second kappa shape index (κ2) is 3.59. The Bertz CT molecular complexity index is 398. The fourth-order valence-corrected chi connectivity index (χ4v) is 3.86. The predicted octanol–water partition coefficient (Wildman–Crippen LogP) is 3.54. The number of nitrogens with two attached hydrogens (primary N) is 1. The summed E-state index contributed by atoms with van der Waals surface area (Å²) >= 11 is 0. The topological polar surface area (TPSA) is 26.0 Å². The van der Waals surface area contributed by atoms with Gasteiger partial charge in [0.05, 0.1) is 0 Å². The van der Waals surface area contributed by atoms with E-state index in [4.69, 9.17) is 5.73 Å². The van der Waals surface area contributed by atoms with Gasteiger partial charge in [-0.2, -0.15) is 0 Å². The quantitative estimate of drug-likeness (QED) is 0.704. The van der Waals surface area contributed by atoms with Crippen LogP contribution in [0.2, 0.25) is 0 Å². The maximum absolute atomic E-state index is 6.74. The standard InChI is InChI=1S/C15H21N/c1-11-10-12-6-4-5-9-15(12,16)14-8-3-2-7-13(11)14/h2-3,7-8,11-12H,4-6,9-10,16H2,1H3/t11-,12+,15+/m1/s1. The molecule has 0 radical (unpaired) electrons. The van der Waals surface area contributed by atoms with Crippen molar-refractivity contribution >= 4 is 0 Å².